The lowest BCUT2D eigenvalue weighted by molar-refractivity contribution is 0.199. The third kappa shape index (κ3) is 2.80. The number of hydrogen-bond donors (Lipinski definition) is 1. The molecule has 1 heterocycles. The van der Waals surface area contributed by atoms with Crippen LogP contribution < -0.4 is 10.1 Å². The molecule has 0 saturated heterocycles. The van der Waals surface area contributed by atoms with Crippen LogP contribution >= 0.6 is 0 Å². The second kappa shape index (κ2) is 5.48. The zero-order chi connectivity index (χ0) is 13.8. The molecule has 0 saturated carbocycles. The van der Waals surface area contributed by atoms with Crippen LogP contribution in [0.3, 0.4) is 0 Å². The number of benzene rings is 2. The van der Waals surface area contributed by atoms with Crippen LogP contribution in [0.5, 0.6) is 5.75 Å². The minimum Gasteiger partial charge on any atom is -0.459 e. The van der Waals surface area contributed by atoms with Gasteiger partial charge in [0.1, 0.15) is 17.1 Å². The Morgan fingerprint density at radius 2 is 1.80 bits per heavy atom. The van der Waals surface area contributed by atoms with E-state index < -0.39 is 6.09 Å². The van der Waals surface area contributed by atoms with Crippen molar-refractivity contribution in [2.75, 3.05) is 0 Å². The fourth-order valence-electron chi connectivity index (χ4n) is 1.91. The fraction of sp³-hybridized carbons (Fsp3) is 0.0625. The Morgan fingerprint density at radius 1 is 1.05 bits per heavy atom. The monoisotopic (exact) mass is 267 g/mol. The molecule has 0 bridgehead atoms. The first-order valence-corrected chi connectivity index (χ1v) is 6.29. The van der Waals surface area contributed by atoms with Crippen molar-refractivity contribution in [1.82, 2.24) is 5.32 Å². The number of fused-ring (bicyclic) bond motifs is 1. The van der Waals surface area contributed by atoms with E-state index in [0.717, 1.165) is 11.0 Å². The fourth-order valence-corrected chi connectivity index (χ4v) is 1.91. The van der Waals surface area contributed by atoms with Crippen LogP contribution in [0.15, 0.2) is 65.1 Å². The largest absolute Gasteiger partial charge is 0.459 e. The maximum absolute atomic E-state index is 11.6. The molecule has 0 unspecified atom stereocenters. The number of amides is 1. The number of carbonyl (C=O) groups is 1. The van der Waals surface area contributed by atoms with E-state index in [0.29, 0.717) is 18.1 Å². The average molecular weight is 267 g/mol. The summed E-state index contributed by atoms with van der Waals surface area (Å²) in [6, 6.07) is 18.5. The molecule has 0 aliphatic carbocycles. The van der Waals surface area contributed by atoms with Gasteiger partial charge in [-0.2, -0.15) is 0 Å². The van der Waals surface area contributed by atoms with E-state index in [1.807, 2.05) is 48.5 Å². The lowest BCUT2D eigenvalue weighted by atomic mass is 10.2. The molecule has 0 aliphatic heterocycles. The van der Waals surface area contributed by atoms with Crippen LogP contribution in [0.1, 0.15) is 5.76 Å². The van der Waals surface area contributed by atoms with Crippen LogP contribution in [0.4, 0.5) is 4.79 Å². The Hall–Kier alpha value is -2.75. The van der Waals surface area contributed by atoms with Crippen molar-refractivity contribution in [2.45, 2.75) is 6.54 Å². The Balaban J connectivity index is 1.60. The summed E-state index contributed by atoms with van der Waals surface area (Å²) < 4.78 is 10.7. The van der Waals surface area contributed by atoms with Crippen LogP contribution in [0.25, 0.3) is 11.0 Å². The number of rotatable bonds is 3. The average Bonchev–Trinajstić information content (AvgIpc) is 2.89. The van der Waals surface area contributed by atoms with Gasteiger partial charge in [-0.1, -0.05) is 36.4 Å². The van der Waals surface area contributed by atoms with E-state index in [-0.39, 0.29) is 0 Å². The second-order valence-electron chi connectivity index (χ2n) is 4.31. The first-order chi connectivity index (χ1) is 9.81. The zero-order valence-electron chi connectivity index (χ0n) is 10.7. The topological polar surface area (TPSA) is 51.5 Å². The van der Waals surface area contributed by atoms with Gasteiger partial charge in [0.05, 0.1) is 6.54 Å². The summed E-state index contributed by atoms with van der Waals surface area (Å²) >= 11 is 0. The summed E-state index contributed by atoms with van der Waals surface area (Å²) in [5.41, 5.74) is 0.806. The first kappa shape index (κ1) is 12.3. The molecule has 0 radical (unpaired) electrons. The lowest BCUT2D eigenvalue weighted by Crippen LogP contribution is -2.25. The first-order valence-electron chi connectivity index (χ1n) is 6.29. The van der Waals surface area contributed by atoms with Gasteiger partial charge in [0.15, 0.2) is 0 Å². The highest BCUT2D eigenvalue weighted by atomic mass is 16.6. The number of ether oxygens (including phenoxy) is 1. The molecule has 20 heavy (non-hydrogen) atoms. The molecule has 4 nitrogen and oxygen atoms in total. The van der Waals surface area contributed by atoms with Crippen LogP contribution in [-0.4, -0.2) is 6.09 Å². The SMILES string of the molecule is O=C(NCc1cc2ccccc2o1)Oc1ccccc1. The molecule has 1 N–H and O–H groups in total. The van der Waals surface area contributed by atoms with E-state index in [1.165, 1.54) is 0 Å². The molecule has 100 valence electrons. The minimum absolute atomic E-state index is 0.292. The summed E-state index contributed by atoms with van der Waals surface area (Å²) in [4.78, 5) is 11.6. The third-order valence-electron chi connectivity index (χ3n) is 2.84. The van der Waals surface area contributed by atoms with Gasteiger partial charge in [-0.3, -0.25) is 0 Å². The van der Waals surface area contributed by atoms with Gasteiger partial charge in [0.25, 0.3) is 0 Å². The number of furan rings is 1. The molecule has 0 fully saturated rings. The molecule has 4 heteroatoms. The predicted molar refractivity (Wildman–Crippen MR) is 75.5 cm³/mol. The molecule has 2 aromatic carbocycles. The smallest absolute Gasteiger partial charge is 0.412 e. The Morgan fingerprint density at radius 3 is 2.60 bits per heavy atom. The lowest BCUT2D eigenvalue weighted by Gasteiger charge is -2.04. The highest BCUT2D eigenvalue weighted by Gasteiger charge is 2.07. The normalized spacial score (nSPS) is 10.4. The molecule has 1 aromatic heterocycles. The van der Waals surface area contributed by atoms with E-state index >= 15 is 0 Å². The highest BCUT2D eigenvalue weighted by Crippen LogP contribution is 2.18. The summed E-state index contributed by atoms with van der Waals surface area (Å²) in [7, 11) is 0. The van der Waals surface area contributed by atoms with Crippen molar-refractivity contribution < 1.29 is 13.9 Å². The summed E-state index contributed by atoms with van der Waals surface area (Å²) in [6.07, 6.45) is -0.503. The van der Waals surface area contributed by atoms with Crippen molar-refractivity contribution in [3.05, 3.63) is 66.4 Å². The second-order valence-corrected chi connectivity index (χ2v) is 4.31. The molecular formula is C16H13NO3. The minimum atomic E-state index is -0.503. The van der Waals surface area contributed by atoms with E-state index in [4.69, 9.17) is 9.15 Å². The number of hydrogen-bond acceptors (Lipinski definition) is 3. The maximum Gasteiger partial charge on any atom is 0.412 e. The van der Waals surface area contributed by atoms with E-state index in [2.05, 4.69) is 5.32 Å². The molecule has 0 aliphatic rings. The van der Waals surface area contributed by atoms with E-state index in [9.17, 15) is 4.79 Å². The Kier molecular flexibility index (Phi) is 3.37. The van der Waals surface area contributed by atoms with Crippen molar-refractivity contribution in [3.8, 4) is 5.75 Å². The summed E-state index contributed by atoms with van der Waals surface area (Å²) in [5.74, 6) is 1.20. The van der Waals surface area contributed by atoms with E-state index in [1.54, 1.807) is 12.1 Å². The molecule has 3 rings (SSSR count). The zero-order valence-corrected chi connectivity index (χ0v) is 10.7. The molecule has 3 aromatic rings. The molecule has 0 spiro atoms. The quantitative estimate of drug-likeness (QED) is 0.786. The maximum atomic E-state index is 11.6. The van der Waals surface area contributed by atoms with Gasteiger partial charge in [-0.25, -0.2) is 4.79 Å². The van der Waals surface area contributed by atoms with Crippen molar-refractivity contribution >= 4 is 17.1 Å². The molecule has 0 atom stereocenters. The number of carbonyl (C=O) groups excluding carboxylic acids is 1. The standard InChI is InChI=1S/C16H13NO3/c18-16(20-13-7-2-1-3-8-13)17-11-14-10-12-6-4-5-9-15(12)19-14/h1-10H,11H2,(H,17,18). The Labute approximate surface area is 116 Å². The summed E-state index contributed by atoms with van der Waals surface area (Å²) in [6.45, 7) is 0.292. The van der Waals surface area contributed by atoms with Gasteiger partial charge in [-0.05, 0) is 24.3 Å². The summed E-state index contributed by atoms with van der Waals surface area (Å²) in [5, 5.41) is 3.67. The Bertz CT molecular complexity index is 686. The highest BCUT2D eigenvalue weighted by molar-refractivity contribution is 5.78. The van der Waals surface area contributed by atoms with Crippen LogP contribution in [0, 0.1) is 0 Å². The molecular weight excluding hydrogens is 254 g/mol. The molecule has 1 amide bonds. The number of nitrogens with one attached hydrogen (secondary N) is 1. The third-order valence-corrected chi connectivity index (χ3v) is 2.84. The van der Waals surface area contributed by atoms with Crippen LogP contribution in [-0.2, 0) is 6.54 Å². The van der Waals surface area contributed by atoms with Crippen molar-refractivity contribution in [2.24, 2.45) is 0 Å². The van der Waals surface area contributed by atoms with Gasteiger partial charge in [0, 0.05) is 5.39 Å². The van der Waals surface area contributed by atoms with Crippen molar-refractivity contribution in [1.29, 1.82) is 0 Å². The van der Waals surface area contributed by atoms with Gasteiger partial charge in [0.2, 0.25) is 0 Å². The van der Waals surface area contributed by atoms with Gasteiger partial charge < -0.3 is 14.5 Å². The van der Waals surface area contributed by atoms with Crippen molar-refractivity contribution in [3.63, 3.8) is 0 Å². The predicted octanol–water partition coefficient (Wildman–Crippen LogP) is 3.72. The van der Waals surface area contributed by atoms with Gasteiger partial charge >= 0.3 is 6.09 Å². The van der Waals surface area contributed by atoms with Gasteiger partial charge in [-0.15, -0.1) is 0 Å². The van der Waals surface area contributed by atoms with Crippen LogP contribution in [0.2, 0.25) is 0 Å². The number of para-hydroxylation sites is 2.